The number of carbonyl (C=O) groups is 1. The molecule has 0 aliphatic rings. The fraction of sp³-hybridized carbons (Fsp3) is 0.115. The molecule has 38 heavy (non-hydrogen) atoms. The summed E-state index contributed by atoms with van der Waals surface area (Å²) < 4.78 is 34.0. The molecular formula is C26H21N5O6S. The van der Waals surface area contributed by atoms with Crippen molar-refractivity contribution in [3.8, 4) is 0 Å². The number of nitro groups is 1. The number of non-ortho nitro benzene ring substituents is 1. The van der Waals surface area contributed by atoms with Crippen LogP contribution in [0.1, 0.15) is 16.8 Å². The number of esters is 1. The lowest BCUT2D eigenvalue weighted by atomic mass is 10.2. The number of nitro benzene ring substituents is 1. The van der Waals surface area contributed by atoms with E-state index in [1.807, 2.05) is 0 Å². The molecule has 0 aliphatic carbocycles. The van der Waals surface area contributed by atoms with Gasteiger partial charge in [-0.15, -0.1) is 0 Å². The van der Waals surface area contributed by atoms with Gasteiger partial charge in [0.15, 0.2) is 5.65 Å². The second kappa shape index (κ2) is 9.90. The summed E-state index contributed by atoms with van der Waals surface area (Å²) in [5, 5.41) is 11.0. The summed E-state index contributed by atoms with van der Waals surface area (Å²) in [6, 6.07) is 20.3. The van der Waals surface area contributed by atoms with E-state index in [2.05, 4.69) is 9.97 Å². The van der Waals surface area contributed by atoms with Crippen LogP contribution in [-0.2, 0) is 21.1 Å². The number of anilines is 1. The lowest BCUT2D eigenvalue weighted by Crippen LogP contribution is -2.11. The first-order valence-corrected chi connectivity index (χ1v) is 13.0. The molecule has 2 N–H and O–H groups in total. The van der Waals surface area contributed by atoms with Crippen LogP contribution in [0.15, 0.2) is 88.7 Å². The number of para-hydroxylation sites is 2. The van der Waals surface area contributed by atoms with Gasteiger partial charge in [0.1, 0.15) is 16.2 Å². The predicted molar refractivity (Wildman–Crippen MR) is 139 cm³/mol. The van der Waals surface area contributed by atoms with Gasteiger partial charge in [0.2, 0.25) is 9.84 Å². The van der Waals surface area contributed by atoms with Gasteiger partial charge in [-0.2, -0.15) is 0 Å². The van der Waals surface area contributed by atoms with Crippen LogP contribution in [0, 0.1) is 10.1 Å². The highest BCUT2D eigenvalue weighted by molar-refractivity contribution is 7.92. The molecule has 12 heteroatoms. The molecule has 0 atom stereocenters. The van der Waals surface area contributed by atoms with Gasteiger partial charge in [-0.25, -0.2) is 23.2 Å². The zero-order valence-corrected chi connectivity index (χ0v) is 20.7. The number of rotatable bonds is 8. The van der Waals surface area contributed by atoms with E-state index in [9.17, 15) is 23.3 Å². The molecule has 0 unspecified atom stereocenters. The van der Waals surface area contributed by atoms with E-state index in [4.69, 9.17) is 10.5 Å². The van der Waals surface area contributed by atoms with Crippen molar-refractivity contribution in [2.24, 2.45) is 0 Å². The minimum absolute atomic E-state index is 0.0239. The molecule has 2 aromatic heterocycles. The van der Waals surface area contributed by atoms with Gasteiger partial charge in [-0.1, -0.05) is 36.4 Å². The smallest absolute Gasteiger partial charge is 0.338 e. The second-order valence-electron chi connectivity index (χ2n) is 8.36. The van der Waals surface area contributed by atoms with E-state index in [0.29, 0.717) is 16.7 Å². The molecule has 11 nitrogen and oxygen atoms in total. The van der Waals surface area contributed by atoms with Crippen LogP contribution in [0.2, 0.25) is 0 Å². The van der Waals surface area contributed by atoms with Crippen molar-refractivity contribution in [2.75, 3.05) is 12.3 Å². The molecule has 5 rings (SSSR count). The van der Waals surface area contributed by atoms with E-state index in [1.165, 1.54) is 30.3 Å². The van der Waals surface area contributed by atoms with E-state index >= 15 is 0 Å². The van der Waals surface area contributed by atoms with Crippen LogP contribution in [0.25, 0.3) is 22.2 Å². The molecular weight excluding hydrogens is 510 g/mol. The number of sulfone groups is 1. The van der Waals surface area contributed by atoms with E-state index in [0.717, 1.165) is 6.07 Å². The van der Waals surface area contributed by atoms with Crippen molar-refractivity contribution in [1.82, 2.24) is 14.5 Å². The number of carbonyl (C=O) groups excluding carboxylic acids is 1. The van der Waals surface area contributed by atoms with Crippen LogP contribution < -0.4 is 5.73 Å². The summed E-state index contributed by atoms with van der Waals surface area (Å²) in [5.41, 5.74) is 7.78. The fourth-order valence-corrected chi connectivity index (χ4v) is 5.64. The Morgan fingerprint density at radius 2 is 1.66 bits per heavy atom. The Kier molecular flexibility index (Phi) is 6.47. The van der Waals surface area contributed by atoms with Crippen molar-refractivity contribution < 1.29 is 22.9 Å². The quantitative estimate of drug-likeness (QED) is 0.134. The Bertz CT molecular complexity index is 1800. The normalized spacial score (nSPS) is 11.6. The lowest BCUT2D eigenvalue weighted by Gasteiger charge is -2.09. The van der Waals surface area contributed by atoms with Crippen molar-refractivity contribution in [3.05, 3.63) is 94.5 Å². The number of nitrogens with two attached hydrogens (primary N) is 1. The summed E-state index contributed by atoms with van der Waals surface area (Å²) >= 11 is 0. The first kappa shape index (κ1) is 24.8. The van der Waals surface area contributed by atoms with Gasteiger partial charge in [-0.05, 0) is 36.8 Å². The zero-order valence-electron chi connectivity index (χ0n) is 19.9. The van der Waals surface area contributed by atoms with Crippen LogP contribution >= 0.6 is 0 Å². The molecule has 0 saturated heterocycles. The largest absolute Gasteiger partial charge is 0.462 e. The zero-order chi connectivity index (χ0) is 26.9. The third kappa shape index (κ3) is 4.52. The monoisotopic (exact) mass is 531 g/mol. The molecule has 0 aliphatic heterocycles. The minimum atomic E-state index is -4.02. The number of aryl methyl sites for hydroxylation is 1. The van der Waals surface area contributed by atoms with Crippen LogP contribution in [0.3, 0.4) is 0 Å². The Hall–Kier alpha value is -4.84. The third-order valence-corrected chi connectivity index (χ3v) is 7.75. The van der Waals surface area contributed by atoms with Crippen LogP contribution in [0.5, 0.6) is 0 Å². The fourth-order valence-electron chi connectivity index (χ4n) is 4.12. The maximum Gasteiger partial charge on any atom is 0.338 e. The number of benzene rings is 3. The molecule has 0 radical (unpaired) electrons. The average molecular weight is 532 g/mol. The van der Waals surface area contributed by atoms with Crippen LogP contribution in [-0.4, -0.2) is 40.5 Å². The van der Waals surface area contributed by atoms with Gasteiger partial charge in [0.05, 0.1) is 33.0 Å². The summed E-state index contributed by atoms with van der Waals surface area (Å²) in [5.74, 6) is -0.735. The van der Waals surface area contributed by atoms with E-state index < -0.39 is 20.7 Å². The Morgan fingerprint density at radius 3 is 2.37 bits per heavy atom. The molecule has 2 heterocycles. The highest BCUT2D eigenvalue weighted by Crippen LogP contribution is 2.35. The highest BCUT2D eigenvalue weighted by Gasteiger charge is 2.30. The Balaban J connectivity index is 1.46. The van der Waals surface area contributed by atoms with Crippen molar-refractivity contribution in [2.45, 2.75) is 22.8 Å². The summed E-state index contributed by atoms with van der Waals surface area (Å²) in [4.78, 5) is 31.9. The molecule has 0 bridgehead atoms. The maximum absolute atomic E-state index is 13.6. The number of hydrogen-bond acceptors (Lipinski definition) is 9. The average Bonchev–Trinajstić information content (AvgIpc) is 3.20. The number of aromatic nitrogens is 3. The molecule has 0 amide bonds. The Labute approximate surface area is 216 Å². The number of nitrogens with zero attached hydrogens (tertiary/aromatic N) is 4. The van der Waals surface area contributed by atoms with E-state index in [-0.39, 0.29) is 51.9 Å². The predicted octanol–water partition coefficient (Wildman–Crippen LogP) is 4.15. The summed E-state index contributed by atoms with van der Waals surface area (Å²) in [7, 11) is -4.02. The van der Waals surface area contributed by atoms with E-state index in [1.54, 1.807) is 47.0 Å². The number of hydrogen-bond donors (Lipinski definition) is 1. The minimum Gasteiger partial charge on any atom is -0.462 e. The number of fused-ring (bicyclic) bond motifs is 2. The van der Waals surface area contributed by atoms with Gasteiger partial charge in [0, 0.05) is 18.7 Å². The SMILES string of the molecule is Nc1c(S(=O)(=O)c2ccccc2)c2nc3ccccc3nc2n1CCCOC(=O)c1cccc([N+](=O)[O-])c1. The Morgan fingerprint density at radius 1 is 0.974 bits per heavy atom. The molecule has 0 spiro atoms. The number of nitrogen functional groups attached to an aromatic ring is 1. The standard InChI is InChI=1S/C26H21N5O6S/c27-24-23(38(35,36)19-10-2-1-3-11-19)22-25(29-21-13-5-4-12-20(21)28-22)30(24)14-7-15-37-26(32)17-8-6-9-18(16-17)31(33)34/h1-6,8-13,16H,7,14-15,27H2. The first-order chi connectivity index (χ1) is 18.3. The van der Waals surface area contributed by atoms with Crippen molar-refractivity contribution in [3.63, 3.8) is 0 Å². The second-order valence-corrected chi connectivity index (χ2v) is 10.3. The molecule has 0 fully saturated rings. The number of ether oxygens (including phenoxy) is 1. The van der Waals surface area contributed by atoms with Crippen molar-refractivity contribution in [1.29, 1.82) is 0 Å². The molecule has 3 aromatic carbocycles. The van der Waals surface area contributed by atoms with Gasteiger partial charge in [0.25, 0.3) is 5.69 Å². The topological polar surface area (TPSA) is 160 Å². The highest BCUT2D eigenvalue weighted by atomic mass is 32.2. The van der Waals surface area contributed by atoms with Gasteiger partial charge < -0.3 is 15.0 Å². The van der Waals surface area contributed by atoms with Crippen molar-refractivity contribution >= 4 is 49.5 Å². The van der Waals surface area contributed by atoms with Gasteiger partial charge >= 0.3 is 5.97 Å². The van der Waals surface area contributed by atoms with Crippen LogP contribution in [0.4, 0.5) is 11.5 Å². The first-order valence-electron chi connectivity index (χ1n) is 11.5. The molecule has 192 valence electrons. The van der Waals surface area contributed by atoms with Gasteiger partial charge in [-0.3, -0.25) is 10.1 Å². The maximum atomic E-state index is 13.6. The molecule has 0 saturated carbocycles. The summed E-state index contributed by atoms with van der Waals surface area (Å²) in [6.07, 6.45) is 0.272. The third-order valence-electron chi connectivity index (χ3n) is 5.92. The summed E-state index contributed by atoms with van der Waals surface area (Å²) in [6.45, 7) is 0.143. The molecule has 5 aromatic rings. The lowest BCUT2D eigenvalue weighted by molar-refractivity contribution is -0.384.